The Morgan fingerprint density at radius 1 is 1.48 bits per heavy atom. The van der Waals surface area contributed by atoms with E-state index in [0.29, 0.717) is 12.2 Å². The monoisotopic (exact) mass is 355 g/mol. The average molecular weight is 356 g/mol. The molecule has 0 aliphatic carbocycles. The van der Waals surface area contributed by atoms with Crippen LogP contribution in [-0.2, 0) is 9.59 Å². The van der Waals surface area contributed by atoms with Crippen molar-refractivity contribution in [1.82, 2.24) is 5.32 Å². The Morgan fingerprint density at radius 3 is 2.81 bits per heavy atom. The van der Waals surface area contributed by atoms with Crippen LogP contribution in [0.3, 0.4) is 0 Å². The van der Waals surface area contributed by atoms with Crippen molar-refractivity contribution in [1.29, 1.82) is 0 Å². The molecule has 0 radical (unpaired) electrons. The Balaban J connectivity index is 2.11. The molecule has 1 amide bonds. The Morgan fingerprint density at radius 2 is 2.19 bits per heavy atom. The van der Waals surface area contributed by atoms with Gasteiger partial charge in [0, 0.05) is 10.0 Å². The maximum absolute atomic E-state index is 12.3. The highest BCUT2D eigenvalue weighted by Gasteiger charge is 2.33. The molecular formula is C15H18BrNO4. The number of hydrogen-bond donors (Lipinski definition) is 2. The lowest BCUT2D eigenvalue weighted by Crippen LogP contribution is -2.44. The molecule has 6 heteroatoms. The predicted molar refractivity (Wildman–Crippen MR) is 81.4 cm³/mol. The minimum absolute atomic E-state index is 0.188. The number of nitrogens with one attached hydrogen (secondary N) is 1. The van der Waals surface area contributed by atoms with E-state index in [1.807, 2.05) is 26.0 Å². The molecule has 1 aliphatic rings. The van der Waals surface area contributed by atoms with E-state index in [-0.39, 0.29) is 18.4 Å². The molecule has 5 nitrogen and oxygen atoms in total. The second-order valence-electron chi connectivity index (χ2n) is 5.57. The molecule has 1 heterocycles. The van der Waals surface area contributed by atoms with Crippen molar-refractivity contribution in [2.45, 2.75) is 32.2 Å². The zero-order valence-electron chi connectivity index (χ0n) is 11.9. The number of hydrogen-bond acceptors (Lipinski definition) is 3. The second kappa shape index (κ2) is 6.47. The van der Waals surface area contributed by atoms with Crippen molar-refractivity contribution in [3.05, 3.63) is 28.2 Å². The third kappa shape index (κ3) is 3.75. The molecule has 0 saturated carbocycles. The fourth-order valence-corrected chi connectivity index (χ4v) is 2.75. The number of halogens is 1. The van der Waals surface area contributed by atoms with Crippen molar-refractivity contribution < 1.29 is 19.4 Å². The van der Waals surface area contributed by atoms with E-state index in [4.69, 9.17) is 4.74 Å². The number of carbonyl (C=O) groups is 2. The van der Waals surface area contributed by atoms with Crippen molar-refractivity contribution in [3.8, 4) is 5.75 Å². The number of rotatable bonds is 5. The molecule has 0 aromatic heterocycles. The highest BCUT2D eigenvalue weighted by molar-refractivity contribution is 9.10. The van der Waals surface area contributed by atoms with Crippen LogP contribution in [-0.4, -0.2) is 29.6 Å². The predicted octanol–water partition coefficient (Wildman–Crippen LogP) is 2.54. The number of ether oxygens (including phenoxy) is 1. The molecular weight excluding hydrogens is 338 g/mol. The van der Waals surface area contributed by atoms with E-state index in [0.717, 1.165) is 10.0 Å². The lowest BCUT2D eigenvalue weighted by Gasteiger charge is -2.18. The highest BCUT2D eigenvalue weighted by Crippen LogP contribution is 2.36. The van der Waals surface area contributed by atoms with Crippen LogP contribution in [0.25, 0.3) is 0 Å². The van der Waals surface area contributed by atoms with Gasteiger partial charge in [-0.2, -0.15) is 0 Å². The lowest BCUT2D eigenvalue weighted by molar-refractivity contribution is -0.142. The summed E-state index contributed by atoms with van der Waals surface area (Å²) >= 11 is 3.37. The first-order valence-electron chi connectivity index (χ1n) is 6.84. The molecule has 1 aromatic rings. The summed E-state index contributed by atoms with van der Waals surface area (Å²) in [6.07, 6.45) is 0.403. The van der Waals surface area contributed by atoms with Gasteiger partial charge in [-0.25, -0.2) is 4.79 Å². The van der Waals surface area contributed by atoms with Crippen LogP contribution < -0.4 is 10.1 Å². The number of aliphatic carboxylic acids is 1. The van der Waals surface area contributed by atoms with E-state index in [1.165, 1.54) is 0 Å². The first kappa shape index (κ1) is 15.8. The maximum atomic E-state index is 12.3. The van der Waals surface area contributed by atoms with Gasteiger partial charge < -0.3 is 15.2 Å². The highest BCUT2D eigenvalue weighted by atomic mass is 79.9. The number of carboxylic acids is 1. The van der Waals surface area contributed by atoms with Crippen LogP contribution in [0.4, 0.5) is 0 Å². The summed E-state index contributed by atoms with van der Waals surface area (Å²) < 4.78 is 6.34. The molecule has 2 unspecified atom stereocenters. The molecule has 2 N–H and O–H groups in total. The maximum Gasteiger partial charge on any atom is 0.326 e. The van der Waals surface area contributed by atoms with Gasteiger partial charge in [-0.3, -0.25) is 4.79 Å². The van der Waals surface area contributed by atoms with Gasteiger partial charge in [0.2, 0.25) is 5.91 Å². The Kier molecular flexibility index (Phi) is 4.88. The standard InChI is InChI=1S/C15H18BrNO4/c1-8(2)5-12(15(19)20)17-14(18)11-7-21-13-4-3-9(16)6-10(11)13/h3-4,6,8,11-12H,5,7H2,1-2H3,(H,17,18)(H,19,20). The van der Waals surface area contributed by atoms with Crippen LogP contribution in [0.15, 0.2) is 22.7 Å². The average Bonchev–Trinajstić information content (AvgIpc) is 2.80. The molecule has 2 rings (SSSR count). The minimum Gasteiger partial charge on any atom is -0.492 e. The van der Waals surface area contributed by atoms with Crippen molar-refractivity contribution in [2.75, 3.05) is 6.61 Å². The number of benzene rings is 1. The van der Waals surface area contributed by atoms with E-state index >= 15 is 0 Å². The fourth-order valence-electron chi connectivity index (χ4n) is 2.37. The van der Waals surface area contributed by atoms with Gasteiger partial charge in [0.25, 0.3) is 0 Å². The SMILES string of the molecule is CC(C)CC(NC(=O)C1COc2ccc(Br)cc21)C(=O)O. The van der Waals surface area contributed by atoms with Gasteiger partial charge in [0.15, 0.2) is 0 Å². The summed E-state index contributed by atoms with van der Waals surface area (Å²) in [5, 5.41) is 11.8. The fraction of sp³-hybridized carbons (Fsp3) is 0.467. The quantitative estimate of drug-likeness (QED) is 0.850. The van der Waals surface area contributed by atoms with E-state index in [9.17, 15) is 14.7 Å². The van der Waals surface area contributed by atoms with Gasteiger partial charge in [-0.1, -0.05) is 29.8 Å². The summed E-state index contributed by atoms with van der Waals surface area (Å²) in [5.41, 5.74) is 0.788. The summed E-state index contributed by atoms with van der Waals surface area (Å²) in [5.74, 6) is -0.918. The normalized spacial score (nSPS) is 18.0. The first-order chi connectivity index (χ1) is 9.88. The van der Waals surface area contributed by atoms with Gasteiger partial charge in [0.05, 0.1) is 0 Å². The first-order valence-corrected chi connectivity index (χ1v) is 7.63. The molecule has 0 fully saturated rings. The van der Waals surface area contributed by atoms with Gasteiger partial charge in [-0.05, 0) is 30.5 Å². The van der Waals surface area contributed by atoms with Crippen LogP contribution >= 0.6 is 15.9 Å². The number of amides is 1. The Labute approximate surface area is 131 Å². The van der Waals surface area contributed by atoms with Crippen LogP contribution in [0.5, 0.6) is 5.75 Å². The summed E-state index contributed by atoms with van der Waals surface area (Å²) in [6, 6.07) is 4.62. The van der Waals surface area contributed by atoms with E-state index in [2.05, 4.69) is 21.2 Å². The molecule has 0 spiro atoms. The molecule has 1 aliphatic heterocycles. The third-order valence-electron chi connectivity index (χ3n) is 3.39. The van der Waals surface area contributed by atoms with Crippen LogP contribution in [0, 0.1) is 5.92 Å². The van der Waals surface area contributed by atoms with Gasteiger partial charge in [0.1, 0.15) is 24.3 Å². The zero-order chi connectivity index (χ0) is 15.6. The van der Waals surface area contributed by atoms with Crippen molar-refractivity contribution >= 4 is 27.8 Å². The summed E-state index contributed by atoms with van der Waals surface area (Å²) in [4.78, 5) is 23.6. The van der Waals surface area contributed by atoms with E-state index in [1.54, 1.807) is 6.07 Å². The number of carboxylic acid groups (broad SMARTS) is 1. The van der Waals surface area contributed by atoms with Gasteiger partial charge >= 0.3 is 5.97 Å². The molecule has 114 valence electrons. The second-order valence-corrected chi connectivity index (χ2v) is 6.49. The molecule has 2 atom stereocenters. The van der Waals surface area contributed by atoms with Crippen molar-refractivity contribution in [3.63, 3.8) is 0 Å². The van der Waals surface area contributed by atoms with E-state index < -0.39 is 17.9 Å². The topological polar surface area (TPSA) is 75.6 Å². The summed E-state index contributed by atoms with van der Waals surface area (Å²) in [7, 11) is 0. The minimum atomic E-state index is -1.01. The smallest absolute Gasteiger partial charge is 0.326 e. The van der Waals surface area contributed by atoms with Crippen molar-refractivity contribution in [2.24, 2.45) is 5.92 Å². The number of carbonyl (C=O) groups excluding carboxylic acids is 1. The summed E-state index contributed by atoms with van der Waals surface area (Å²) in [6.45, 7) is 4.09. The lowest BCUT2D eigenvalue weighted by atomic mass is 9.98. The largest absolute Gasteiger partial charge is 0.492 e. The molecule has 21 heavy (non-hydrogen) atoms. The molecule has 0 bridgehead atoms. The van der Waals surface area contributed by atoms with Gasteiger partial charge in [-0.15, -0.1) is 0 Å². The number of fused-ring (bicyclic) bond motifs is 1. The molecule has 1 aromatic carbocycles. The Bertz CT molecular complexity index is 559. The zero-order valence-corrected chi connectivity index (χ0v) is 13.5. The Hall–Kier alpha value is -1.56. The van der Waals surface area contributed by atoms with Crippen LogP contribution in [0.2, 0.25) is 0 Å². The third-order valence-corrected chi connectivity index (χ3v) is 3.88. The molecule has 0 saturated heterocycles. The van der Waals surface area contributed by atoms with Crippen LogP contribution in [0.1, 0.15) is 31.7 Å².